The van der Waals surface area contributed by atoms with Gasteiger partial charge in [0, 0.05) is 12.1 Å². The highest BCUT2D eigenvalue weighted by atomic mass is 16.5. The van der Waals surface area contributed by atoms with Crippen LogP contribution in [0.5, 0.6) is 0 Å². The first-order chi connectivity index (χ1) is 17.2. The molecular formula is C29H30N4O2. The summed E-state index contributed by atoms with van der Waals surface area (Å²) in [5.41, 5.74) is 4.28. The van der Waals surface area contributed by atoms with E-state index in [2.05, 4.69) is 57.6 Å². The van der Waals surface area contributed by atoms with Crippen molar-refractivity contribution >= 4 is 5.91 Å². The van der Waals surface area contributed by atoms with Crippen LogP contribution < -0.4 is 5.32 Å². The quantitative estimate of drug-likeness (QED) is 0.407. The second kappa shape index (κ2) is 10.7. The summed E-state index contributed by atoms with van der Waals surface area (Å²) in [6.07, 6.45) is 1.83. The smallest absolute Gasteiger partial charge is 0.241 e. The predicted octanol–water partition coefficient (Wildman–Crippen LogP) is 5.16. The molecule has 2 atom stereocenters. The third kappa shape index (κ3) is 5.66. The van der Waals surface area contributed by atoms with Crippen LogP contribution in [0.1, 0.15) is 41.5 Å². The maximum absolute atomic E-state index is 13.4. The number of rotatable bonds is 7. The SMILES string of the molecule is Cc1cccc(C(NC(=O)C2CCCN(Cc3nc(-c4ccccc4)no3)C2)c2ccccc2)c1. The number of benzene rings is 3. The molecule has 6 heteroatoms. The summed E-state index contributed by atoms with van der Waals surface area (Å²) >= 11 is 0. The van der Waals surface area contributed by atoms with Crippen molar-refractivity contribution < 1.29 is 9.32 Å². The maximum Gasteiger partial charge on any atom is 0.241 e. The lowest BCUT2D eigenvalue weighted by Gasteiger charge is -2.32. The van der Waals surface area contributed by atoms with Gasteiger partial charge in [0.05, 0.1) is 18.5 Å². The minimum atomic E-state index is -0.177. The Bertz CT molecular complexity index is 1260. The van der Waals surface area contributed by atoms with E-state index in [1.54, 1.807) is 0 Å². The van der Waals surface area contributed by atoms with E-state index < -0.39 is 0 Å². The van der Waals surface area contributed by atoms with Crippen molar-refractivity contribution in [3.8, 4) is 11.4 Å². The molecule has 1 aliphatic rings. The molecule has 0 radical (unpaired) electrons. The van der Waals surface area contributed by atoms with Crippen LogP contribution in [0.2, 0.25) is 0 Å². The number of hydrogen-bond donors (Lipinski definition) is 1. The lowest BCUT2D eigenvalue weighted by Crippen LogP contribution is -2.43. The summed E-state index contributed by atoms with van der Waals surface area (Å²) < 4.78 is 5.51. The second-order valence-electron chi connectivity index (χ2n) is 9.22. The average molecular weight is 467 g/mol. The molecule has 1 fully saturated rings. The molecule has 1 N–H and O–H groups in total. The largest absolute Gasteiger partial charge is 0.345 e. The molecule has 35 heavy (non-hydrogen) atoms. The molecule has 0 saturated carbocycles. The number of piperidine rings is 1. The highest BCUT2D eigenvalue weighted by Gasteiger charge is 2.29. The molecule has 6 nitrogen and oxygen atoms in total. The Morgan fingerprint density at radius 2 is 1.77 bits per heavy atom. The van der Waals surface area contributed by atoms with Gasteiger partial charge >= 0.3 is 0 Å². The van der Waals surface area contributed by atoms with Crippen LogP contribution in [0, 0.1) is 12.8 Å². The van der Waals surface area contributed by atoms with Gasteiger partial charge in [0.15, 0.2) is 0 Å². The van der Waals surface area contributed by atoms with Gasteiger partial charge < -0.3 is 9.84 Å². The van der Waals surface area contributed by atoms with Crippen LogP contribution in [0.4, 0.5) is 0 Å². The van der Waals surface area contributed by atoms with Crippen LogP contribution in [-0.2, 0) is 11.3 Å². The van der Waals surface area contributed by atoms with E-state index in [9.17, 15) is 4.79 Å². The molecule has 2 heterocycles. The van der Waals surface area contributed by atoms with Gasteiger partial charge in [-0.2, -0.15) is 4.98 Å². The molecule has 1 amide bonds. The lowest BCUT2D eigenvalue weighted by molar-refractivity contribution is -0.127. The highest BCUT2D eigenvalue weighted by molar-refractivity contribution is 5.80. The number of carbonyl (C=O) groups excluding carboxylic acids is 1. The van der Waals surface area contributed by atoms with Gasteiger partial charge in [0.2, 0.25) is 17.6 Å². The molecule has 178 valence electrons. The van der Waals surface area contributed by atoms with Gasteiger partial charge in [-0.05, 0) is 37.4 Å². The van der Waals surface area contributed by atoms with Crippen LogP contribution in [0.3, 0.4) is 0 Å². The van der Waals surface area contributed by atoms with Crippen LogP contribution in [0.15, 0.2) is 89.5 Å². The van der Waals surface area contributed by atoms with E-state index in [1.807, 2.05) is 54.6 Å². The average Bonchev–Trinajstić information content (AvgIpc) is 3.37. The number of hydrogen-bond acceptors (Lipinski definition) is 5. The molecular weight excluding hydrogens is 436 g/mol. The summed E-state index contributed by atoms with van der Waals surface area (Å²) in [7, 11) is 0. The third-order valence-corrected chi connectivity index (χ3v) is 6.53. The number of aromatic nitrogens is 2. The Kier molecular flexibility index (Phi) is 7.00. The summed E-state index contributed by atoms with van der Waals surface area (Å²) in [5.74, 6) is 1.17. The Morgan fingerprint density at radius 1 is 1.03 bits per heavy atom. The fourth-order valence-electron chi connectivity index (χ4n) is 4.74. The zero-order valence-electron chi connectivity index (χ0n) is 19.9. The maximum atomic E-state index is 13.4. The van der Waals surface area contributed by atoms with Crippen molar-refractivity contribution in [1.29, 1.82) is 0 Å². The number of amides is 1. The van der Waals surface area contributed by atoms with E-state index in [0.29, 0.717) is 24.8 Å². The van der Waals surface area contributed by atoms with Gasteiger partial charge in [-0.25, -0.2) is 0 Å². The first-order valence-corrected chi connectivity index (χ1v) is 12.2. The first-order valence-electron chi connectivity index (χ1n) is 12.2. The van der Waals surface area contributed by atoms with E-state index in [4.69, 9.17) is 4.52 Å². The number of carbonyl (C=O) groups is 1. The number of nitrogens with zero attached hydrogens (tertiary/aromatic N) is 3. The fraction of sp³-hybridized carbons (Fsp3) is 0.276. The third-order valence-electron chi connectivity index (χ3n) is 6.53. The van der Waals surface area contributed by atoms with E-state index >= 15 is 0 Å². The van der Waals surface area contributed by atoms with Gasteiger partial charge in [-0.3, -0.25) is 9.69 Å². The van der Waals surface area contributed by atoms with Gasteiger partial charge in [-0.1, -0.05) is 95.6 Å². The Labute approximate surface area is 206 Å². The van der Waals surface area contributed by atoms with Crippen molar-refractivity contribution in [2.24, 2.45) is 5.92 Å². The molecule has 5 rings (SSSR count). The zero-order valence-corrected chi connectivity index (χ0v) is 19.9. The van der Waals surface area contributed by atoms with E-state index in [0.717, 1.165) is 36.1 Å². The predicted molar refractivity (Wildman–Crippen MR) is 135 cm³/mol. The summed E-state index contributed by atoms with van der Waals surface area (Å²) in [6, 6.07) is 28.1. The number of likely N-dealkylation sites (tertiary alicyclic amines) is 1. The molecule has 0 spiro atoms. The number of nitrogens with one attached hydrogen (secondary N) is 1. The lowest BCUT2D eigenvalue weighted by atomic mass is 9.93. The van der Waals surface area contributed by atoms with Crippen LogP contribution >= 0.6 is 0 Å². The monoisotopic (exact) mass is 466 g/mol. The van der Waals surface area contributed by atoms with Crippen LogP contribution in [0.25, 0.3) is 11.4 Å². The summed E-state index contributed by atoms with van der Waals surface area (Å²) in [6.45, 7) is 4.20. The molecule has 3 aromatic carbocycles. The minimum Gasteiger partial charge on any atom is -0.345 e. The Morgan fingerprint density at radius 3 is 2.54 bits per heavy atom. The first kappa shape index (κ1) is 23.0. The normalized spacial score (nSPS) is 17.1. The van der Waals surface area contributed by atoms with E-state index in [-0.39, 0.29) is 17.9 Å². The molecule has 1 aromatic heterocycles. The molecule has 1 aliphatic heterocycles. The molecule has 0 bridgehead atoms. The van der Waals surface area contributed by atoms with Gasteiger partial charge in [-0.15, -0.1) is 0 Å². The van der Waals surface area contributed by atoms with Crippen LogP contribution in [-0.4, -0.2) is 34.0 Å². The molecule has 4 aromatic rings. The fourth-order valence-corrected chi connectivity index (χ4v) is 4.74. The van der Waals surface area contributed by atoms with Gasteiger partial charge in [0.25, 0.3) is 0 Å². The standard InChI is InChI=1S/C29H30N4O2/c1-21-10-8-15-24(18-21)27(22-11-4-2-5-12-22)31-29(34)25-16-9-17-33(19-25)20-26-30-28(32-35-26)23-13-6-3-7-14-23/h2-8,10-15,18,25,27H,9,16-17,19-20H2,1H3,(H,31,34). The second-order valence-corrected chi connectivity index (χ2v) is 9.22. The Hall–Kier alpha value is -3.77. The summed E-state index contributed by atoms with van der Waals surface area (Å²) in [4.78, 5) is 20.2. The summed E-state index contributed by atoms with van der Waals surface area (Å²) in [5, 5.41) is 7.47. The van der Waals surface area contributed by atoms with Crippen molar-refractivity contribution in [2.45, 2.75) is 32.4 Å². The van der Waals surface area contributed by atoms with Crippen molar-refractivity contribution in [1.82, 2.24) is 20.4 Å². The van der Waals surface area contributed by atoms with Gasteiger partial charge in [0.1, 0.15) is 0 Å². The number of aryl methyl sites for hydroxylation is 1. The molecule has 1 saturated heterocycles. The van der Waals surface area contributed by atoms with Crippen molar-refractivity contribution in [3.05, 3.63) is 108 Å². The van der Waals surface area contributed by atoms with E-state index in [1.165, 1.54) is 5.56 Å². The minimum absolute atomic E-state index is 0.0839. The molecule has 0 aliphatic carbocycles. The van der Waals surface area contributed by atoms with Crippen molar-refractivity contribution in [2.75, 3.05) is 13.1 Å². The highest BCUT2D eigenvalue weighted by Crippen LogP contribution is 2.26. The van der Waals surface area contributed by atoms with Crippen molar-refractivity contribution in [3.63, 3.8) is 0 Å². The molecule has 2 unspecified atom stereocenters. The zero-order chi connectivity index (χ0) is 24.0. The topological polar surface area (TPSA) is 71.3 Å². The Balaban J connectivity index is 1.26.